The van der Waals surface area contributed by atoms with Gasteiger partial charge in [-0.15, -0.1) is 0 Å². The van der Waals surface area contributed by atoms with E-state index in [0.29, 0.717) is 12.1 Å². The number of nitrogens with one attached hydrogen (secondary N) is 1. The fourth-order valence-electron chi connectivity index (χ4n) is 1.47. The number of aryl methyl sites for hydroxylation is 1. The summed E-state index contributed by atoms with van der Waals surface area (Å²) >= 11 is 0. The van der Waals surface area contributed by atoms with Crippen LogP contribution in [0.3, 0.4) is 0 Å². The molecule has 4 N–H and O–H groups in total. The van der Waals surface area contributed by atoms with Gasteiger partial charge in [0.05, 0.1) is 0 Å². The highest BCUT2D eigenvalue weighted by molar-refractivity contribution is 5.86. The van der Waals surface area contributed by atoms with Crippen LogP contribution in [0.25, 0.3) is 0 Å². The Morgan fingerprint density at radius 1 is 1.33 bits per heavy atom. The Labute approximate surface area is 106 Å². The zero-order valence-corrected chi connectivity index (χ0v) is 10.6. The first kappa shape index (κ1) is 14.0. The molecule has 0 radical (unpaired) electrons. The molecule has 0 aliphatic rings. The van der Waals surface area contributed by atoms with Crippen molar-refractivity contribution >= 4 is 17.6 Å². The van der Waals surface area contributed by atoms with Crippen molar-refractivity contribution in [1.82, 2.24) is 5.32 Å². The maximum atomic E-state index is 11.6. The van der Waals surface area contributed by atoms with E-state index >= 15 is 0 Å². The second-order valence-corrected chi connectivity index (χ2v) is 4.68. The molecule has 0 bridgehead atoms. The number of rotatable bonds is 5. The molecule has 0 aliphatic heterocycles. The van der Waals surface area contributed by atoms with Crippen molar-refractivity contribution in [3.63, 3.8) is 0 Å². The third kappa shape index (κ3) is 3.76. The molecule has 5 nitrogen and oxygen atoms in total. The van der Waals surface area contributed by atoms with Crippen LogP contribution in [0.15, 0.2) is 24.3 Å². The highest BCUT2D eigenvalue weighted by Crippen LogP contribution is 2.13. The Morgan fingerprint density at radius 3 is 2.50 bits per heavy atom. The lowest BCUT2D eigenvalue weighted by Crippen LogP contribution is -2.49. The van der Waals surface area contributed by atoms with E-state index in [-0.39, 0.29) is 12.3 Å². The molecule has 0 spiro atoms. The number of carbonyl (C=O) groups excluding carboxylic acids is 1. The number of benzene rings is 1. The summed E-state index contributed by atoms with van der Waals surface area (Å²) in [6, 6.07) is 7.30. The van der Waals surface area contributed by atoms with Gasteiger partial charge < -0.3 is 16.2 Å². The van der Waals surface area contributed by atoms with Gasteiger partial charge >= 0.3 is 5.97 Å². The van der Waals surface area contributed by atoms with Crippen molar-refractivity contribution in [1.29, 1.82) is 0 Å². The van der Waals surface area contributed by atoms with Crippen LogP contribution in [-0.4, -0.2) is 22.5 Å². The normalized spacial score (nSPS) is 11.0. The lowest BCUT2D eigenvalue weighted by molar-refractivity contribution is -0.146. The van der Waals surface area contributed by atoms with Gasteiger partial charge in [0.2, 0.25) is 5.91 Å². The molecule has 0 saturated carbocycles. The number of carbonyl (C=O) groups is 2. The van der Waals surface area contributed by atoms with E-state index in [4.69, 9.17) is 10.8 Å². The minimum atomic E-state index is -1.25. The van der Waals surface area contributed by atoms with Crippen LogP contribution < -0.4 is 11.1 Å². The van der Waals surface area contributed by atoms with E-state index in [1.165, 1.54) is 13.8 Å². The van der Waals surface area contributed by atoms with Gasteiger partial charge in [-0.25, -0.2) is 4.79 Å². The van der Waals surface area contributed by atoms with Gasteiger partial charge in [0.1, 0.15) is 5.54 Å². The number of carboxylic acids is 1. The maximum Gasteiger partial charge on any atom is 0.328 e. The quantitative estimate of drug-likeness (QED) is 0.684. The number of hydrogen-bond acceptors (Lipinski definition) is 3. The summed E-state index contributed by atoms with van der Waals surface area (Å²) in [4.78, 5) is 22.5. The Morgan fingerprint density at radius 2 is 1.94 bits per heavy atom. The van der Waals surface area contributed by atoms with Gasteiger partial charge in [-0.2, -0.15) is 0 Å². The van der Waals surface area contributed by atoms with Gasteiger partial charge in [0.15, 0.2) is 0 Å². The summed E-state index contributed by atoms with van der Waals surface area (Å²) in [7, 11) is 0. The first-order valence-electron chi connectivity index (χ1n) is 5.70. The molecule has 1 amide bonds. The summed E-state index contributed by atoms with van der Waals surface area (Å²) < 4.78 is 0. The molecule has 0 saturated heterocycles. The minimum Gasteiger partial charge on any atom is -0.480 e. The van der Waals surface area contributed by atoms with Crippen LogP contribution in [0.1, 0.15) is 25.8 Å². The van der Waals surface area contributed by atoms with Crippen molar-refractivity contribution < 1.29 is 14.7 Å². The Balaban J connectivity index is 2.53. The fraction of sp³-hybridized carbons (Fsp3) is 0.385. The van der Waals surface area contributed by atoms with E-state index in [2.05, 4.69) is 5.32 Å². The fourth-order valence-corrected chi connectivity index (χ4v) is 1.47. The van der Waals surface area contributed by atoms with Gasteiger partial charge in [0.25, 0.3) is 0 Å². The number of anilines is 1. The third-order valence-corrected chi connectivity index (χ3v) is 2.66. The number of amides is 1. The standard InChI is InChI=1S/C13H18N2O3/c1-13(2,12(17)18)15-11(16)8-7-9-5-3-4-6-10(9)14/h3-6H,7-8,14H2,1-2H3,(H,15,16)(H,17,18). The molecule has 1 aromatic rings. The van der Waals surface area contributed by atoms with Crippen LogP contribution >= 0.6 is 0 Å². The predicted molar refractivity (Wildman–Crippen MR) is 69.0 cm³/mol. The maximum absolute atomic E-state index is 11.6. The molecule has 18 heavy (non-hydrogen) atoms. The van der Waals surface area contributed by atoms with Gasteiger partial charge in [-0.3, -0.25) is 4.79 Å². The van der Waals surface area contributed by atoms with Crippen molar-refractivity contribution in [2.75, 3.05) is 5.73 Å². The van der Waals surface area contributed by atoms with Crippen molar-refractivity contribution in [2.45, 2.75) is 32.2 Å². The van der Waals surface area contributed by atoms with Crippen LogP contribution in [-0.2, 0) is 16.0 Å². The minimum absolute atomic E-state index is 0.213. The molecular formula is C13H18N2O3. The SMILES string of the molecule is CC(C)(NC(=O)CCc1ccccc1N)C(=O)O. The largest absolute Gasteiger partial charge is 0.480 e. The zero-order valence-electron chi connectivity index (χ0n) is 10.6. The highest BCUT2D eigenvalue weighted by atomic mass is 16.4. The lowest BCUT2D eigenvalue weighted by atomic mass is 10.0. The summed E-state index contributed by atoms with van der Waals surface area (Å²) in [5.41, 5.74) is 6.04. The number of aliphatic carboxylic acids is 1. The molecule has 0 atom stereocenters. The second kappa shape index (κ2) is 5.53. The number of nitrogens with two attached hydrogens (primary N) is 1. The van der Waals surface area contributed by atoms with Crippen LogP contribution in [0, 0.1) is 0 Å². The number of para-hydroxylation sites is 1. The van der Waals surface area contributed by atoms with Gasteiger partial charge in [-0.1, -0.05) is 18.2 Å². The highest BCUT2D eigenvalue weighted by Gasteiger charge is 2.28. The molecule has 0 heterocycles. The van der Waals surface area contributed by atoms with Crippen LogP contribution in [0.2, 0.25) is 0 Å². The first-order chi connectivity index (χ1) is 8.33. The number of nitrogen functional groups attached to an aromatic ring is 1. The Kier molecular flexibility index (Phi) is 4.31. The summed E-state index contributed by atoms with van der Waals surface area (Å²) in [6.07, 6.45) is 0.707. The molecule has 1 aromatic carbocycles. The molecule has 0 fully saturated rings. The third-order valence-electron chi connectivity index (χ3n) is 2.66. The summed E-state index contributed by atoms with van der Waals surface area (Å²) in [5, 5.41) is 11.4. The van der Waals surface area contributed by atoms with Crippen molar-refractivity contribution in [3.05, 3.63) is 29.8 Å². The molecule has 98 valence electrons. The summed E-state index contributed by atoms with van der Waals surface area (Å²) in [6.45, 7) is 2.90. The van der Waals surface area contributed by atoms with E-state index in [1.54, 1.807) is 6.07 Å². The number of carboxylic acid groups (broad SMARTS) is 1. The van der Waals surface area contributed by atoms with Crippen LogP contribution in [0.4, 0.5) is 5.69 Å². The molecule has 0 aromatic heterocycles. The smallest absolute Gasteiger partial charge is 0.328 e. The molecule has 0 aliphatic carbocycles. The van der Waals surface area contributed by atoms with E-state index in [0.717, 1.165) is 5.56 Å². The Bertz CT molecular complexity index is 455. The van der Waals surface area contributed by atoms with Crippen molar-refractivity contribution in [3.8, 4) is 0 Å². The van der Waals surface area contributed by atoms with Gasteiger partial charge in [-0.05, 0) is 31.9 Å². The van der Waals surface area contributed by atoms with Crippen molar-refractivity contribution in [2.24, 2.45) is 0 Å². The Hall–Kier alpha value is -2.04. The predicted octanol–water partition coefficient (Wildman–Crippen LogP) is 1.18. The van der Waals surface area contributed by atoms with E-state index in [1.807, 2.05) is 18.2 Å². The van der Waals surface area contributed by atoms with E-state index < -0.39 is 11.5 Å². The zero-order chi connectivity index (χ0) is 13.8. The summed E-state index contributed by atoms with van der Waals surface area (Å²) in [5.74, 6) is -1.36. The lowest BCUT2D eigenvalue weighted by Gasteiger charge is -2.21. The molecular weight excluding hydrogens is 232 g/mol. The molecule has 5 heteroatoms. The van der Waals surface area contributed by atoms with Gasteiger partial charge in [0, 0.05) is 12.1 Å². The van der Waals surface area contributed by atoms with Crippen LogP contribution in [0.5, 0.6) is 0 Å². The monoisotopic (exact) mass is 250 g/mol. The topological polar surface area (TPSA) is 92.4 Å². The average molecular weight is 250 g/mol. The average Bonchev–Trinajstić information content (AvgIpc) is 2.27. The number of hydrogen-bond donors (Lipinski definition) is 3. The first-order valence-corrected chi connectivity index (χ1v) is 5.70. The molecule has 1 rings (SSSR count). The molecule has 0 unspecified atom stereocenters. The second-order valence-electron chi connectivity index (χ2n) is 4.68. The van der Waals surface area contributed by atoms with E-state index in [9.17, 15) is 9.59 Å².